The maximum atomic E-state index is 11.9. The molecule has 1 heterocycles. The molecule has 0 radical (unpaired) electrons. The summed E-state index contributed by atoms with van der Waals surface area (Å²) in [6.07, 6.45) is 6.87. The fourth-order valence-electron chi connectivity index (χ4n) is 2.43. The van der Waals surface area contributed by atoms with Crippen molar-refractivity contribution in [3.05, 3.63) is 0 Å². The Morgan fingerprint density at radius 1 is 1.29 bits per heavy atom. The molecule has 1 atom stereocenters. The highest BCUT2D eigenvalue weighted by Gasteiger charge is 2.17. The van der Waals surface area contributed by atoms with Gasteiger partial charge in [0.15, 0.2) is 0 Å². The van der Waals surface area contributed by atoms with Crippen LogP contribution in [-0.2, 0) is 0 Å². The Bertz CT molecular complexity index is 209. The van der Waals surface area contributed by atoms with Gasteiger partial charge >= 0.3 is 6.03 Å². The number of hydrogen-bond acceptors (Lipinski definition) is 2. The first-order valence-electron chi connectivity index (χ1n) is 7.00. The van der Waals surface area contributed by atoms with E-state index in [-0.39, 0.29) is 6.03 Å². The molecule has 100 valence electrons. The average molecular weight is 241 g/mol. The number of likely N-dealkylation sites (tertiary alicyclic amines) is 1. The van der Waals surface area contributed by atoms with Crippen LogP contribution in [0.3, 0.4) is 0 Å². The highest BCUT2D eigenvalue weighted by molar-refractivity contribution is 5.74. The van der Waals surface area contributed by atoms with Gasteiger partial charge in [0.1, 0.15) is 0 Å². The lowest BCUT2D eigenvalue weighted by Crippen LogP contribution is -2.44. The summed E-state index contributed by atoms with van der Waals surface area (Å²) < 4.78 is 0. The summed E-state index contributed by atoms with van der Waals surface area (Å²) in [6.45, 7) is 5.50. The van der Waals surface area contributed by atoms with Gasteiger partial charge in [-0.1, -0.05) is 13.3 Å². The lowest BCUT2D eigenvalue weighted by Gasteiger charge is -2.27. The second kappa shape index (κ2) is 8.34. The molecule has 2 amide bonds. The maximum absolute atomic E-state index is 11.9. The molecule has 1 aliphatic heterocycles. The minimum atomic E-state index is 0.114. The van der Waals surface area contributed by atoms with Crippen LogP contribution in [0.2, 0.25) is 0 Å². The van der Waals surface area contributed by atoms with Crippen molar-refractivity contribution in [1.29, 1.82) is 0 Å². The largest absolute Gasteiger partial charge is 0.338 e. The van der Waals surface area contributed by atoms with Gasteiger partial charge in [-0.2, -0.15) is 0 Å². The monoisotopic (exact) mass is 241 g/mol. The molecule has 1 unspecified atom stereocenters. The zero-order valence-corrected chi connectivity index (χ0v) is 11.1. The molecule has 4 nitrogen and oxygen atoms in total. The summed E-state index contributed by atoms with van der Waals surface area (Å²) in [6, 6.07) is 0.114. The van der Waals surface area contributed by atoms with Crippen LogP contribution >= 0.6 is 0 Å². The van der Waals surface area contributed by atoms with Crippen LogP contribution in [-0.4, -0.2) is 37.1 Å². The van der Waals surface area contributed by atoms with Crippen molar-refractivity contribution in [2.75, 3.05) is 26.2 Å². The number of hydrogen-bond donors (Lipinski definition) is 2. The second-order valence-electron chi connectivity index (χ2n) is 4.97. The van der Waals surface area contributed by atoms with E-state index in [1.165, 1.54) is 6.42 Å². The Morgan fingerprint density at radius 2 is 2.00 bits per heavy atom. The molecule has 1 aliphatic rings. The summed E-state index contributed by atoms with van der Waals surface area (Å²) in [7, 11) is 0. The van der Waals surface area contributed by atoms with Crippen molar-refractivity contribution in [1.82, 2.24) is 10.2 Å². The van der Waals surface area contributed by atoms with Crippen LogP contribution in [0.1, 0.15) is 45.4 Å². The zero-order chi connectivity index (χ0) is 12.5. The van der Waals surface area contributed by atoms with Crippen molar-refractivity contribution in [3.8, 4) is 0 Å². The van der Waals surface area contributed by atoms with Crippen LogP contribution < -0.4 is 11.1 Å². The predicted molar refractivity (Wildman–Crippen MR) is 70.9 cm³/mol. The number of nitrogens with zero attached hydrogens (tertiary/aromatic N) is 1. The van der Waals surface area contributed by atoms with Gasteiger partial charge in [-0.05, 0) is 44.6 Å². The van der Waals surface area contributed by atoms with Gasteiger partial charge in [0.25, 0.3) is 0 Å². The molecule has 0 bridgehead atoms. The first kappa shape index (κ1) is 14.3. The number of piperidine rings is 1. The Morgan fingerprint density at radius 3 is 2.59 bits per heavy atom. The third kappa shape index (κ3) is 5.39. The van der Waals surface area contributed by atoms with Crippen LogP contribution in [0.4, 0.5) is 4.79 Å². The fourth-order valence-corrected chi connectivity index (χ4v) is 2.43. The van der Waals surface area contributed by atoms with E-state index >= 15 is 0 Å². The Balaban J connectivity index is 2.24. The molecule has 1 rings (SSSR count). The van der Waals surface area contributed by atoms with Gasteiger partial charge in [0, 0.05) is 19.6 Å². The highest BCUT2D eigenvalue weighted by atomic mass is 16.2. The van der Waals surface area contributed by atoms with Crippen LogP contribution in [0.15, 0.2) is 0 Å². The molecule has 1 saturated heterocycles. The maximum Gasteiger partial charge on any atom is 0.317 e. The SMILES string of the molecule is CCCC(CCN)CNC(=O)N1CCCCC1. The Hall–Kier alpha value is -0.770. The number of carbonyl (C=O) groups excluding carboxylic acids is 1. The lowest BCUT2D eigenvalue weighted by molar-refractivity contribution is 0.184. The van der Waals surface area contributed by atoms with E-state index in [4.69, 9.17) is 5.73 Å². The van der Waals surface area contributed by atoms with Crippen LogP contribution in [0.25, 0.3) is 0 Å². The van der Waals surface area contributed by atoms with E-state index in [0.717, 1.165) is 51.7 Å². The van der Waals surface area contributed by atoms with Crippen molar-refractivity contribution in [2.24, 2.45) is 11.7 Å². The molecule has 0 aromatic rings. The zero-order valence-electron chi connectivity index (χ0n) is 11.1. The molecule has 4 heteroatoms. The van der Waals surface area contributed by atoms with Crippen LogP contribution in [0, 0.1) is 5.92 Å². The first-order valence-corrected chi connectivity index (χ1v) is 7.00. The van der Waals surface area contributed by atoms with Crippen molar-refractivity contribution in [3.63, 3.8) is 0 Å². The van der Waals surface area contributed by atoms with E-state index in [2.05, 4.69) is 12.2 Å². The molecule has 0 saturated carbocycles. The van der Waals surface area contributed by atoms with E-state index in [9.17, 15) is 4.79 Å². The number of rotatable bonds is 6. The van der Waals surface area contributed by atoms with E-state index in [1.807, 2.05) is 4.90 Å². The molecule has 0 aliphatic carbocycles. The smallest absolute Gasteiger partial charge is 0.317 e. The molecule has 0 aromatic heterocycles. The third-order valence-corrected chi connectivity index (χ3v) is 3.46. The van der Waals surface area contributed by atoms with Gasteiger partial charge in [0.2, 0.25) is 0 Å². The summed E-state index contributed by atoms with van der Waals surface area (Å²) in [5.74, 6) is 0.541. The lowest BCUT2D eigenvalue weighted by atomic mass is 10.00. The molecule has 3 N–H and O–H groups in total. The normalized spacial score (nSPS) is 17.9. The number of nitrogens with two attached hydrogens (primary N) is 1. The van der Waals surface area contributed by atoms with Gasteiger partial charge in [-0.15, -0.1) is 0 Å². The number of nitrogens with one attached hydrogen (secondary N) is 1. The van der Waals surface area contributed by atoms with Gasteiger partial charge in [-0.3, -0.25) is 0 Å². The molecule has 0 spiro atoms. The average Bonchev–Trinajstić information content (AvgIpc) is 2.37. The Labute approximate surface area is 105 Å². The van der Waals surface area contributed by atoms with E-state index in [0.29, 0.717) is 12.5 Å². The molecule has 1 fully saturated rings. The molecular weight excluding hydrogens is 214 g/mol. The van der Waals surface area contributed by atoms with E-state index < -0.39 is 0 Å². The fraction of sp³-hybridized carbons (Fsp3) is 0.923. The molecule has 0 aromatic carbocycles. The summed E-state index contributed by atoms with van der Waals surface area (Å²) in [4.78, 5) is 13.8. The Kier molecular flexibility index (Phi) is 7.01. The minimum Gasteiger partial charge on any atom is -0.338 e. The molecule has 17 heavy (non-hydrogen) atoms. The summed E-state index contributed by atoms with van der Waals surface area (Å²) in [5, 5.41) is 3.05. The standard InChI is InChI=1S/C13H27N3O/c1-2-6-12(7-8-14)11-15-13(17)16-9-4-3-5-10-16/h12H,2-11,14H2,1H3,(H,15,17). The van der Waals surface area contributed by atoms with Crippen molar-refractivity contribution >= 4 is 6.03 Å². The minimum absolute atomic E-state index is 0.114. The quantitative estimate of drug-likeness (QED) is 0.746. The molecular formula is C13H27N3O. The van der Waals surface area contributed by atoms with Crippen LogP contribution in [0.5, 0.6) is 0 Å². The summed E-state index contributed by atoms with van der Waals surface area (Å²) in [5.41, 5.74) is 5.59. The van der Waals surface area contributed by atoms with Gasteiger partial charge in [-0.25, -0.2) is 4.79 Å². The second-order valence-corrected chi connectivity index (χ2v) is 4.97. The summed E-state index contributed by atoms with van der Waals surface area (Å²) >= 11 is 0. The number of carbonyl (C=O) groups is 1. The van der Waals surface area contributed by atoms with Crippen molar-refractivity contribution < 1.29 is 4.79 Å². The van der Waals surface area contributed by atoms with Crippen molar-refractivity contribution in [2.45, 2.75) is 45.4 Å². The highest BCUT2D eigenvalue weighted by Crippen LogP contribution is 2.11. The first-order chi connectivity index (χ1) is 8.27. The van der Waals surface area contributed by atoms with E-state index in [1.54, 1.807) is 0 Å². The van der Waals surface area contributed by atoms with Gasteiger partial charge < -0.3 is 16.0 Å². The number of urea groups is 1. The third-order valence-electron chi connectivity index (χ3n) is 3.46. The topological polar surface area (TPSA) is 58.4 Å². The number of amides is 2. The van der Waals surface area contributed by atoms with Gasteiger partial charge in [0.05, 0.1) is 0 Å². The predicted octanol–water partition coefficient (Wildman–Crippen LogP) is 1.95.